The summed E-state index contributed by atoms with van der Waals surface area (Å²) in [4.78, 5) is 0. The minimum Gasteiger partial charge on any atom is -0.308 e. The quantitative estimate of drug-likeness (QED) is 0.834. The highest BCUT2D eigenvalue weighted by atomic mass is 35.5. The fourth-order valence-electron chi connectivity index (χ4n) is 2.68. The average Bonchev–Trinajstić information content (AvgIpc) is 2.81. The van der Waals surface area contributed by atoms with Gasteiger partial charge in [-0.05, 0) is 13.0 Å². The van der Waals surface area contributed by atoms with E-state index in [2.05, 4.69) is 66.3 Å². The van der Waals surface area contributed by atoms with Gasteiger partial charge < -0.3 is 5.32 Å². The van der Waals surface area contributed by atoms with Crippen molar-refractivity contribution in [3.63, 3.8) is 0 Å². The molecule has 2 rings (SSSR count). The minimum absolute atomic E-state index is 0.281. The van der Waals surface area contributed by atoms with Crippen molar-refractivity contribution < 1.29 is 0 Å². The number of thioether (sulfide) groups is 2. The molecule has 0 radical (unpaired) electrons. The molecule has 1 fully saturated rings. The van der Waals surface area contributed by atoms with Crippen LogP contribution in [0.5, 0.6) is 0 Å². The first-order chi connectivity index (χ1) is 10.1. The van der Waals surface area contributed by atoms with Crippen molar-refractivity contribution >= 4 is 35.1 Å². The fourth-order valence-corrected chi connectivity index (χ4v) is 6.03. The second kappa shape index (κ2) is 8.14. The fraction of sp³-hybridized carbons (Fsp3) is 0.800. The van der Waals surface area contributed by atoms with Gasteiger partial charge in [-0.1, -0.05) is 39.3 Å². The van der Waals surface area contributed by atoms with E-state index in [4.69, 9.17) is 11.6 Å². The van der Waals surface area contributed by atoms with Crippen LogP contribution in [0.25, 0.3) is 0 Å². The van der Waals surface area contributed by atoms with Crippen molar-refractivity contribution in [2.75, 3.05) is 12.3 Å². The van der Waals surface area contributed by atoms with Crippen molar-refractivity contribution in [2.24, 2.45) is 0 Å². The van der Waals surface area contributed by atoms with Crippen LogP contribution in [0.1, 0.15) is 45.9 Å². The van der Waals surface area contributed by atoms with Crippen molar-refractivity contribution in [3.05, 3.63) is 16.9 Å². The molecule has 1 aliphatic heterocycles. The number of nitrogens with zero attached hydrogens (tertiary/aromatic N) is 2. The van der Waals surface area contributed by atoms with Gasteiger partial charge in [-0.25, -0.2) is 0 Å². The van der Waals surface area contributed by atoms with E-state index >= 15 is 0 Å². The number of nitrogens with one attached hydrogen (secondary N) is 1. The van der Waals surface area contributed by atoms with Crippen LogP contribution >= 0.6 is 35.1 Å². The Bertz CT molecular complexity index is 452. The highest BCUT2D eigenvalue weighted by Gasteiger charge is 2.34. The lowest BCUT2D eigenvalue weighted by molar-refractivity contribution is 0.478. The normalized spacial score (nSPS) is 27.8. The number of hydrogen-bond donors (Lipinski definition) is 1. The first kappa shape index (κ1) is 17.5. The molecule has 1 aliphatic rings. The standard InChI is InChI=1S/C15H26ClN3S2/c1-5-7-19-15(12(16)8-18-19)14(17-6-2)13-9-20-10(3)11(4)21-13/h8,10-11,13-14,17H,5-7,9H2,1-4H3. The van der Waals surface area contributed by atoms with Crippen LogP contribution in [0.4, 0.5) is 0 Å². The Morgan fingerprint density at radius 1 is 1.43 bits per heavy atom. The number of aromatic nitrogens is 2. The molecule has 3 nitrogen and oxygen atoms in total. The third kappa shape index (κ3) is 4.12. The molecule has 0 bridgehead atoms. The van der Waals surface area contributed by atoms with E-state index in [-0.39, 0.29) is 6.04 Å². The molecule has 4 atom stereocenters. The molecule has 1 aromatic rings. The summed E-state index contributed by atoms with van der Waals surface area (Å²) in [6.07, 6.45) is 2.87. The Hall–Kier alpha value is 0.160. The van der Waals surface area contributed by atoms with E-state index in [1.807, 2.05) is 0 Å². The molecule has 1 saturated heterocycles. The third-order valence-electron chi connectivity index (χ3n) is 3.93. The Morgan fingerprint density at radius 3 is 2.81 bits per heavy atom. The summed E-state index contributed by atoms with van der Waals surface area (Å²) < 4.78 is 2.09. The molecule has 0 aromatic carbocycles. The van der Waals surface area contributed by atoms with Crippen molar-refractivity contribution in [2.45, 2.75) is 62.5 Å². The van der Waals surface area contributed by atoms with Crippen molar-refractivity contribution in [1.29, 1.82) is 0 Å². The van der Waals surface area contributed by atoms with Crippen LogP contribution < -0.4 is 5.32 Å². The molecule has 0 aliphatic carbocycles. The van der Waals surface area contributed by atoms with E-state index in [0.29, 0.717) is 10.5 Å². The Morgan fingerprint density at radius 2 is 2.19 bits per heavy atom. The molecule has 1 aromatic heterocycles. The summed E-state index contributed by atoms with van der Waals surface area (Å²) in [7, 11) is 0. The summed E-state index contributed by atoms with van der Waals surface area (Å²) >= 11 is 10.6. The molecule has 1 N–H and O–H groups in total. The SMILES string of the molecule is CCCn1ncc(Cl)c1C(NCC)C1CSC(C)C(C)S1. The van der Waals surface area contributed by atoms with E-state index in [1.54, 1.807) is 6.20 Å². The van der Waals surface area contributed by atoms with E-state index < -0.39 is 0 Å². The lowest BCUT2D eigenvalue weighted by Crippen LogP contribution is -2.38. The molecular weight excluding hydrogens is 322 g/mol. The first-order valence-electron chi connectivity index (χ1n) is 7.80. The van der Waals surface area contributed by atoms with Gasteiger partial charge in [-0.15, -0.1) is 0 Å². The number of halogens is 1. The van der Waals surface area contributed by atoms with Crippen LogP contribution in [0.3, 0.4) is 0 Å². The maximum absolute atomic E-state index is 6.46. The highest BCUT2D eigenvalue weighted by molar-refractivity contribution is 8.07. The van der Waals surface area contributed by atoms with Gasteiger partial charge in [-0.2, -0.15) is 28.6 Å². The predicted molar refractivity (Wildman–Crippen MR) is 96.7 cm³/mol. The topological polar surface area (TPSA) is 29.9 Å². The average molecular weight is 348 g/mol. The first-order valence-corrected chi connectivity index (χ1v) is 10.2. The number of aryl methyl sites for hydroxylation is 1. The van der Waals surface area contributed by atoms with Crippen LogP contribution in [0, 0.1) is 0 Å². The molecule has 0 amide bonds. The smallest absolute Gasteiger partial charge is 0.0834 e. The van der Waals surface area contributed by atoms with Crippen molar-refractivity contribution in [3.8, 4) is 0 Å². The summed E-state index contributed by atoms with van der Waals surface area (Å²) in [6.45, 7) is 10.9. The molecule has 0 saturated carbocycles. The largest absolute Gasteiger partial charge is 0.308 e. The van der Waals surface area contributed by atoms with Gasteiger partial charge in [0.05, 0.1) is 23.0 Å². The Balaban J connectivity index is 2.24. The van der Waals surface area contributed by atoms with Crippen LogP contribution in [-0.2, 0) is 6.54 Å². The minimum atomic E-state index is 0.281. The van der Waals surface area contributed by atoms with E-state index in [0.717, 1.165) is 29.8 Å². The molecule has 120 valence electrons. The number of rotatable bonds is 6. The van der Waals surface area contributed by atoms with Gasteiger partial charge in [0.1, 0.15) is 0 Å². The van der Waals surface area contributed by atoms with Crippen molar-refractivity contribution in [1.82, 2.24) is 15.1 Å². The summed E-state index contributed by atoms with van der Waals surface area (Å²) in [5, 5.41) is 10.9. The summed E-state index contributed by atoms with van der Waals surface area (Å²) in [6, 6.07) is 0.281. The molecule has 21 heavy (non-hydrogen) atoms. The molecule has 2 heterocycles. The van der Waals surface area contributed by atoms with Gasteiger partial charge in [-0.3, -0.25) is 4.68 Å². The van der Waals surface area contributed by atoms with Gasteiger partial charge in [0.25, 0.3) is 0 Å². The second-order valence-electron chi connectivity index (χ2n) is 5.55. The lowest BCUT2D eigenvalue weighted by atomic mass is 10.1. The van der Waals surface area contributed by atoms with Gasteiger partial charge in [0, 0.05) is 28.0 Å². The lowest BCUT2D eigenvalue weighted by Gasteiger charge is -2.36. The summed E-state index contributed by atoms with van der Waals surface area (Å²) in [5.41, 5.74) is 1.17. The maximum Gasteiger partial charge on any atom is 0.0834 e. The Kier molecular flexibility index (Phi) is 6.79. The highest BCUT2D eigenvalue weighted by Crippen LogP contribution is 2.42. The Labute approximate surface area is 142 Å². The molecular formula is C15H26ClN3S2. The monoisotopic (exact) mass is 347 g/mol. The summed E-state index contributed by atoms with van der Waals surface area (Å²) in [5.74, 6) is 1.17. The number of hydrogen-bond acceptors (Lipinski definition) is 4. The zero-order valence-corrected chi connectivity index (χ0v) is 15.7. The van der Waals surface area contributed by atoms with Crippen LogP contribution in [0.15, 0.2) is 6.20 Å². The van der Waals surface area contributed by atoms with Crippen LogP contribution in [-0.4, -0.2) is 37.8 Å². The maximum atomic E-state index is 6.46. The molecule has 0 spiro atoms. The third-order valence-corrected chi connectivity index (χ3v) is 7.72. The van der Waals surface area contributed by atoms with Crippen LogP contribution in [0.2, 0.25) is 5.02 Å². The van der Waals surface area contributed by atoms with Gasteiger partial charge >= 0.3 is 0 Å². The van der Waals surface area contributed by atoms with E-state index in [1.165, 1.54) is 11.4 Å². The zero-order valence-electron chi connectivity index (χ0n) is 13.3. The molecule has 4 unspecified atom stereocenters. The van der Waals surface area contributed by atoms with E-state index in [9.17, 15) is 0 Å². The van der Waals surface area contributed by atoms with Gasteiger partial charge in [0.15, 0.2) is 0 Å². The zero-order chi connectivity index (χ0) is 15.4. The predicted octanol–water partition coefficient (Wildman–Crippen LogP) is 4.22. The van der Waals surface area contributed by atoms with Gasteiger partial charge in [0.2, 0.25) is 0 Å². The molecule has 6 heteroatoms. The second-order valence-corrected chi connectivity index (χ2v) is 8.99.